The second-order valence-electron chi connectivity index (χ2n) is 5.13. The zero-order valence-corrected chi connectivity index (χ0v) is 11.3. The van der Waals surface area contributed by atoms with Gasteiger partial charge in [0.15, 0.2) is 0 Å². The lowest BCUT2D eigenvalue weighted by Gasteiger charge is -2.14. The molecule has 0 N–H and O–H groups in total. The Bertz CT molecular complexity index is 667. The Labute approximate surface area is 122 Å². The lowest BCUT2D eigenvalue weighted by Crippen LogP contribution is -2.30. The summed E-state index contributed by atoms with van der Waals surface area (Å²) in [5, 5.41) is 0. The molecular weight excluding hydrogens is 269 g/mol. The van der Waals surface area contributed by atoms with Gasteiger partial charge in [-0.3, -0.25) is 14.5 Å². The molecule has 1 saturated heterocycles. The van der Waals surface area contributed by atoms with E-state index in [1.165, 1.54) is 17.0 Å². The Morgan fingerprint density at radius 2 is 1.67 bits per heavy atom. The molecule has 2 aromatic carbocycles. The molecule has 0 radical (unpaired) electrons. The second kappa shape index (κ2) is 5.48. The van der Waals surface area contributed by atoms with E-state index in [1.54, 1.807) is 36.4 Å². The van der Waals surface area contributed by atoms with Gasteiger partial charge in [-0.15, -0.1) is 0 Å². The number of anilines is 1. The van der Waals surface area contributed by atoms with Gasteiger partial charge in [0, 0.05) is 6.42 Å². The highest BCUT2D eigenvalue weighted by atomic mass is 19.1. The first-order valence-corrected chi connectivity index (χ1v) is 6.81. The summed E-state index contributed by atoms with van der Waals surface area (Å²) in [4.78, 5) is 25.7. The van der Waals surface area contributed by atoms with Gasteiger partial charge in [0.05, 0.1) is 11.6 Å². The van der Waals surface area contributed by atoms with E-state index in [9.17, 15) is 14.0 Å². The van der Waals surface area contributed by atoms with Crippen molar-refractivity contribution in [1.29, 1.82) is 0 Å². The van der Waals surface area contributed by atoms with Crippen molar-refractivity contribution >= 4 is 17.5 Å². The van der Waals surface area contributed by atoms with Gasteiger partial charge in [-0.25, -0.2) is 4.39 Å². The van der Waals surface area contributed by atoms with Crippen LogP contribution in [0.4, 0.5) is 10.1 Å². The van der Waals surface area contributed by atoms with E-state index in [0.29, 0.717) is 12.1 Å². The van der Waals surface area contributed by atoms with Crippen LogP contribution >= 0.6 is 0 Å². The first-order valence-electron chi connectivity index (χ1n) is 6.81. The number of halogens is 1. The maximum atomic E-state index is 12.9. The van der Waals surface area contributed by atoms with E-state index < -0.39 is 0 Å². The Balaban J connectivity index is 1.79. The van der Waals surface area contributed by atoms with E-state index in [0.717, 1.165) is 5.56 Å². The van der Waals surface area contributed by atoms with E-state index in [2.05, 4.69) is 0 Å². The van der Waals surface area contributed by atoms with E-state index in [-0.39, 0.29) is 30.0 Å². The van der Waals surface area contributed by atoms with Crippen molar-refractivity contribution in [3.63, 3.8) is 0 Å². The third kappa shape index (κ3) is 2.70. The molecule has 2 aromatic rings. The number of para-hydroxylation sites is 1. The Hall–Kier alpha value is -2.49. The van der Waals surface area contributed by atoms with E-state index >= 15 is 0 Å². The molecule has 0 aromatic heterocycles. The van der Waals surface area contributed by atoms with Crippen LogP contribution in [0, 0.1) is 11.7 Å². The van der Waals surface area contributed by atoms with Crippen molar-refractivity contribution in [3.8, 4) is 0 Å². The van der Waals surface area contributed by atoms with E-state index in [1.807, 2.05) is 6.07 Å². The van der Waals surface area contributed by atoms with Gasteiger partial charge in [0.25, 0.3) is 0 Å². The Morgan fingerprint density at radius 3 is 2.33 bits per heavy atom. The standard InChI is InChI=1S/C17H14FNO2/c18-14-8-6-12(7-9-14)10-13-11-16(20)19(17(13)21)15-4-2-1-3-5-15/h1-9,13H,10-11H2. The molecule has 0 saturated carbocycles. The molecule has 1 unspecified atom stereocenters. The molecule has 4 heteroatoms. The van der Waals surface area contributed by atoms with Crippen LogP contribution < -0.4 is 4.90 Å². The maximum absolute atomic E-state index is 12.9. The van der Waals surface area contributed by atoms with Crippen molar-refractivity contribution in [2.24, 2.45) is 5.92 Å². The third-order valence-corrected chi connectivity index (χ3v) is 3.65. The third-order valence-electron chi connectivity index (χ3n) is 3.65. The van der Waals surface area contributed by atoms with Gasteiger partial charge in [-0.2, -0.15) is 0 Å². The molecule has 3 rings (SSSR count). The highest BCUT2D eigenvalue weighted by Gasteiger charge is 2.39. The van der Waals surface area contributed by atoms with Crippen LogP contribution in [0.1, 0.15) is 12.0 Å². The molecule has 0 spiro atoms. The Kier molecular flexibility index (Phi) is 3.52. The number of imide groups is 1. The molecule has 3 nitrogen and oxygen atoms in total. The van der Waals surface area contributed by atoms with Crippen molar-refractivity contribution in [2.75, 3.05) is 4.90 Å². The normalized spacial score (nSPS) is 18.3. The first kappa shape index (κ1) is 13.5. The van der Waals surface area contributed by atoms with Gasteiger partial charge >= 0.3 is 0 Å². The van der Waals surface area contributed by atoms with Crippen molar-refractivity contribution in [2.45, 2.75) is 12.8 Å². The van der Waals surface area contributed by atoms with Gasteiger partial charge in [0.2, 0.25) is 11.8 Å². The molecular formula is C17H14FNO2. The fourth-order valence-corrected chi connectivity index (χ4v) is 2.61. The Morgan fingerprint density at radius 1 is 1.00 bits per heavy atom. The summed E-state index contributed by atoms with van der Waals surface area (Å²) in [6.45, 7) is 0. The molecule has 1 atom stereocenters. The predicted molar refractivity (Wildman–Crippen MR) is 77.1 cm³/mol. The number of carbonyl (C=O) groups is 2. The van der Waals surface area contributed by atoms with Gasteiger partial charge in [-0.05, 0) is 36.2 Å². The van der Waals surface area contributed by atoms with Gasteiger partial charge in [-0.1, -0.05) is 30.3 Å². The molecule has 1 fully saturated rings. The molecule has 1 heterocycles. The van der Waals surface area contributed by atoms with Gasteiger partial charge in [0.1, 0.15) is 5.82 Å². The molecule has 21 heavy (non-hydrogen) atoms. The average molecular weight is 283 g/mol. The summed E-state index contributed by atoms with van der Waals surface area (Å²) < 4.78 is 12.9. The number of benzene rings is 2. The van der Waals surface area contributed by atoms with Crippen LogP contribution in [0.5, 0.6) is 0 Å². The molecule has 1 aliphatic heterocycles. The summed E-state index contributed by atoms with van der Waals surface area (Å²) in [5.41, 5.74) is 1.46. The fourth-order valence-electron chi connectivity index (χ4n) is 2.61. The SMILES string of the molecule is O=C1CC(Cc2ccc(F)cc2)C(=O)N1c1ccccc1. The lowest BCUT2D eigenvalue weighted by molar-refractivity contribution is -0.122. The molecule has 1 aliphatic rings. The van der Waals surface area contributed by atoms with E-state index in [4.69, 9.17) is 0 Å². The zero-order valence-electron chi connectivity index (χ0n) is 11.3. The number of nitrogens with zero attached hydrogens (tertiary/aromatic N) is 1. The molecule has 2 amide bonds. The van der Waals surface area contributed by atoms with Crippen LogP contribution in [0.25, 0.3) is 0 Å². The minimum atomic E-state index is -0.372. The molecule has 0 aliphatic carbocycles. The highest BCUT2D eigenvalue weighted by Crippen LogP contribution is 2.28. The number of hydrogen-bond acceptors (Lipinski definition) is 2. The second-order valence-corrected chi connectivity index (χ2v) is 5.13. The van der Waals surface area contributed by atoms with Gasteiger partial charge < -0.3 is 0 Å². The van der Waals surface area contributed by atoms with Crippen LogP contribution in [0.2, 0.25) is 0 Å². The van der Waals surface area contributed by atoms with Crippen molar-refractivity contribution in [3.05, 3.63) is 66.0 Å². The summed E-state index contributed by atoms with van der Waals surface area (Å²) in [6, 6.07) is 15.0. The monoisotopic (exact) mass is 283 g/mol. The number of carbonyl (C=O) groups excluding carboxylic acids is 2. The summed E-state index contributed by atoms with van der Waals surface area (Å²) in [6.07, 6.45) is 0.652. The molecule has 0 bridgehead atoms. The van der Waals surface area contributed by atoms with Crippen molar-refractivity contribution in [1.82, 2.24) is 0 Å². The first-order chi connectivity index (χ1) is 10.1. The predicted octanol–water partition coefficient (Wildman–Crippen LogP) is 2.95. The zero-order chi connectivity index (χ0) is 14.8. The largest absolute Gasteiger partial charge is 0.274 e. The quantitative estimate of drug-likeness (QED) is 0.812. The number of amides is 2. The minimum absolute atomic E-state index is 0.182. The smallest absolute Gasteiger partial charge is 0.237 e. The van der Waals surface area contributed by atoms with Crippen molar-refractivity contribution < 1.29 is 14.0 Å². The van der Waals surface area contributed by atoms with Crippen LogP contribution in [-0.2, 0) is 16.0 Å². The number of rotatable bonds is 3. The van der Waals surface area contributed by atoms with Crippen LogP contribution in [0.15, 0.2) is 54.6 Å². The maximum Gasteiger partial charge on any atom is 0.237 e. The summed E-state index contributed by atoms with van der Waals surface area (Å²) >= 11 is 0. The van der Waals surface area contributed by atoms with Crippen LogP contribution in [0.3, 0.4) is 0 Å². The number of hydrogen-bond donors (Lipinski definition) is 0. The molecule has 106 valence electrons. The fraction of sp³-hybridized carbons (Fsp3) is 0.176. The minimum Gasteiger partial charge on any atom is -0.274 e. The highest BCUT2D eigenvalue weighted by molar-refractivity contribution is 6.20. The topological polar surface area (TPSA) is 37.4 Å². The summed E-state index contributed by atoms with van der Waals surface area (Å²) in [5.74, 6) is -1.05. The van der Waals surface area contributed by atoms with Crippen LogP contribution in [-0.4, -0.2) is 11.8 Å². The lowest BCUT2D eigenvalue weighted by atomic mass is 9.98. The summed E-state index contributed by atoms with van der Waals surface area (Å²) in [7, 11) is 0. The average Bonchev–Trinajstić information content (AvgIpc) is 2.77.